The molecule has 0 radical (unpaired) electrons. The number of hydrogen-bond acceptors (Lipinski definition) is 5. The number of rotatable bonds is 6. The summed E-state index contributed by atoms with van der Waals surface area (Å²) in [6.07, 6.45) is 2.83. The smallest absolute Gasteiger partial charge is 0.295 e. The molecular formula is C16H22FN3O4. The highest BCUT2D eigenvalue weighted by molar-refractivity contribution is 5.76. The molecule has 1 aliphatic rings. The monoisotopic (exact) mass is 339 g/mol. The standard InChI is InChI=1S/C16H22FN3O4/c1-3-5-16(21)18-11-6-4-7-19(10-11)13-9-15(24-2)12(17)8-14(13)20(22)23/h8-9,11H,3-7,10H2,1-2H3,(H,18,21). The van der Waals surface area contributed by atoms with Crippen molar-refractivity contribution in [3.05, 3.63) is 28.1 Å². The lowest BCUT2D eigenvalue weighted by Gasteiger charge is -2.34. The van der Waals surface area contributed by atoms with E-state index in [0.717, 1.165) is 25.3 Å². The number of methoxy groups -OCH3 is 1. The zero-order valence-electron chi connectivity index (χ0n) is 13.9. The number of nitro groups is 1. The molecule has 0 bridgehead atoms. The first kappa shape index (κ1) is 18.0. The number of nitrogens with zero attached hydrogens (tertiary/aromatic N) is 2. The number of anilines is 1. The van der Waals surface area contributed by atoms with Crippen LogP contribution in [0.1, 0.15) is 32.6 Å². The molecule has 1 saturated heterocycles. The summed E-state index contributed by atoms with van der Waals surface area (Å²) in [5, 5.41) is 14.2. The first-order chi connectivity index (χ1) is 11.5. The second-order valence-corrected chi connectivity index (χ2v) is 5.84. The first-order valence-corrected chi connectivity index (χ1v) is 8.02. The minimum Gasteiger partial charge on any atom is -0.494 e. The van der Waals surface area contributed by atoms with E-state index < -0.39 is 10.7 Å². The highest BCUT2D eigenvalue weighted by Crippen LogP contribution is 2.35. The van der Waals surface area contributed by atoms with Gasteiger partial charge in [0.05, 0.1) is 18.1 Å². The molecule has 8 heteroatoms. The van der Waals surface area contributed by atoms with Crippen molar-refractivity contribution in [2.45, 2.75) is 38.6 Å². The van der Waals surface area contributed by atoms with Crippen molar-refractivity contribution in [2.75, 3.05) is 25.1 Å². The van der Waals surface area contributed by atoms with E-state index in [4.69, 9.17) is 4.74 Å². The summed E-state index contributed by atoms with van der Waals surface area (Å²) >= 11 is 0. The molecule has 2 rings (SSSR count). The number of amides is 1. The molecular weight excluding hydrogens is 317 g/mol. The van der Waals surface area contributed by atoms with Gasteiger partial charge in [-0.05, 0) is 19.3 Å². The van der Waals surface area contributed by atoms with Gasteiger partial charge in [0.2, 0.25) is 5.91 Å². The van der Waals surface area contributed by atoms with Gasteiger partial charge in [-0.2, -0.15) is 0 Å². The van der Waals surface area contributed by atoms with Crippen LogP contribution in [-0.4, -0.2) is 37.1 Å². The van der Waals surface area contributed by atoms with Crippen LogP contribution in [0, 0.1) is 15.9 Å². The van der Waals surface area contributed by atoms with E-state index in [0.29, 0.717) is 25.2 Å². The highest BCUT2D eigenvalue weighted by Gasteiger charge is 2.28. The molecule has 1 aromatic carbocycles. The largest absolute Gasteiger partial charge is 0.494 e. The average molecular weight is 339 g/mol. The van der Waals surface area contributed by atoms with Crippen molar-refractivity contribution in [3.8, 4) is 5.75 Å². The van der Waals surface area contributed by atoms with E-state index in [2.05, 4.69) is 5.32 Å². The Morgan fingerprint density at radius 1 is 1.54 bits per heavy atom. The Labute approximate surface area is 139 Å². The summed E-state index contributed by atoms with van der Waals surface area (Å²) in [4.78, 5) is 24.2. The maximum Gasteiger partial charge on any atom is 0.295 e. The zero-order valence-corrected chi connectivity index (χ0v) is 13.9. The fourth-order valence-electron chi connectivity index (χ4n) is 2.93. The Morgan fingerprint density at radius 2 is 2.29 bits per heavy atom. The lowest BCUT2D eigenvalue weighted by atomic mass is 10.0. The van der Waals surface area contributed by atoms with Gasteiger partial charge in [-0.15, -0.1) is 0 Å². The van der Waals surface area contributed by atoms with E-state index in [1.54, 1.807) is 4.90 Å². The number of nitro benzene ring substituents is 1. The van der Waals surface area contributed by atoms with Crippen LogP contribution in [0.2, 0.25) is 0 Å². The van der Waals surface area contributed by atoms with Gasteiger partial charge in [0.1, 0.15) is 5.69 Å². The molecule has 132 valence electrons. The number of hydrogen-bond donors (Lipinski definition) is 1. The predicted molar refractivity (Wildman–Crippen MR) is 87.9 cm³/mol. The molecule has 0 aromatic heterocycles. The first-order valence-electron chi connectivity index (χ1n) is 8.02. The Hall–Kier alpha value is -2.38. The Balaban J connectivity index is 2.23. The van der Waals surface area contributed by atoms with Gasteiger partial charge in [0.15, 0.2) is 11.6 Å². The Kier molecular flexibility index (Phi) is 5.94. The molecule has 0 saturated carbocycles. The van der Waals surface area contributed by atoms with Crippen molar-refractivity contribution < 1.29 is 18.8 Å². The molecule has 1 unspecified atom stereocenters. The third-order valence-corrected chi connectivity index (χ3v) is 4.05. The number of halogens is 1. The fraction of sp³-hybridized carbons (Fsp3) is 0.562. The third kappa shape index (κ3) is 4.12. The lowest BCUT2D eigenvalue weighted by molar-refractivity contribution is -0.384. The second-order valence-electron chi connectivity index (χ2n) is 5.84. The molecule has 1 aromatic rings. The van der Waals surface area contributed by atoms with Crippen molar-refractivity contribution in [1.82, 2.24) is 5.32 Å². The summed E-state index contributed by atoms with van der Waals surface area (Å²) in [5.74, 6) is -0.818. The average Bonchev–Trinajstić information content (AvgIpc) is 2.54. The number of carbonyl (C=O) groups excluding carboxylic acids is 1. The molecule has 1 amide bonds. The van der Waals surface area contributed by atoms with Crippen molar-refractivity contribution in [3.63, 3.8) is 0 Å². The van der Waals surface area contributed by atoms with E-state index in [1.165, 1.54) is 13.2 Å². The second kappa shape index (κ2) is 7.94. The summed E-state index contributed by atoms with van der Waals surface area (Å²) in [7, 11) is 1.32. The molecule has 1 aliphatic heterocycles. The summed E-state index contributed by atoms with van der Waals surface area (Å²) < 4.78 is 18.7. The van der Waals surface area contributed by atoms with Gasteiger partial charge in [0.25, 0.3) is 5.69 Å². The Bertz CT molecular complexity index is 624. The van der Waals surface area contributed by atoms with Gasteiger partial charge < -0.3 is 15.0 Å². The van der Waals surface area contributed by atoms with Crippen LogP contribution in [-0.2, 0) is 4.79 Å². The lowest BCUT2D eigenvalue weighted by Crippen LogP contribution is -2.47. The molecule has 7 nitrogen and oxygen atoms in total. The maximum atomic E-state index is 13.8. The Morgan fingerprint density at radius 3 is 2.92 bits per heavy atom. The number of benzene rings is 1. The summed E-state index contributed by atoms with van der Waals surface area (Å²) in [6.45, 7) is 2.99. The molecule has 0 aliphatic carbocycles. The number of piperidine rings is 1. The van der Waals surface area contributed by atoms with E-state index in [1.807, 2.05) is 6.92 Å². The van der Waals surface area contributed by atoms with Crippen molar-refractivity contribution >= 4 is 17.3 Å². The summed E-state index contributed by atoms with van der Waals surface area (Å²) in [5.41, 5.74) is 0.0153. The van der Waals surface area contributed by atoms with Crippen LogP contribution in [0.3, 0.4) is 0 Å². The fourth-order valence-corrected chi connectivity index (χ4v) is 2.93. The summed E-state index contributed by atoms with van der Waals surface area (Å²) in [6, 6.07) is 2.16. The highest BCUT2D eigenvalue weighted by atomic mass is 19.1. The van der Waals surface area contributed by atoms with Gasteiger partial charge in [0, 0.05) is 31.6 Å². The van der Waals surface area contributed by atoms with Crippen molar-refractivity contribution in [1.29, 1.82) is 0 Å². The van der Waals surface area contributed by atoms with Crippen LogP contribution in [0.25, 0.3) is 0 Å². The van der Waals surface area contributed by atoms with Gasteiger partial charge in [-0.1, -0.05) is 6.92 Å². The van der Waals surface area contributed by atoms with Crippen LogP contribution >= 0.6 is 0 Å². The minimum absolute atomic E-state index is 0.0180. The van der Waals surface area contributed by atoms with Crippen LogP contribution in [0.15, 0.2) is 12.1 Å². The van der Waals surface area contributed by atoms with E-state index >= 15 is 0 Å². The van der Waals surface area contributed by atoms with Crippen LogP contribution < -0.4 is 15.0 Å². The third-order valence-electron chi connectivity index (χ3n) is 4.05. The molecule has 1 N–H and O–H groups in total. The predicted octanol–water partition coefficient (Wildman–Crippen LogP) is 2.63. The van der Waals surface area contributed by atoms with E-state index in [-0.39, 0.29) is 23.4 Å². The molecule has 0 spiro atoms. The normalized spacial score (nSPS) is 17.5. The maximum absolute atomic E-state index is 13.8. The quantitative estimate of drug-likeness (QED) is 0.636. The van der Waals surface area contributed by atoms with Crippen LogP contribution in [0.4, 0.5) is 15.8 Å². The SMILES string of the molecule is CCCC(=O)NC1CCCN(c2cc(OC)c(F)cc2[N+](=O)[O-])C1. The molecule has 1 fully saturated rings. The topological polar surface area (TPSA) is 84.7 Å². The van der Waals surface area contributed by atoms with Crippen LogP contribution in [0.5, 0.6) is 5.75 Å². The molecule has 1 heterocycles. The van der Waals surface area contributed by atoms with Crippen molar-refractivity contribution in [2.24, 2.45) is 0 Å². The minimum atomic E-state index is -0.766. The van der Waals surface area contributed by atoms with E-state index in [9.17, 15) is 19.3 Å². The zero-order chi connectivity index (χ0) is 17.7. The molecule has 24 heavy (non-hydrogen) atoms. The number of nitrogens with one attached hydrogen (secondary N) is 1. The number of ether oxygens (including phenoxy) is 1. The van der Waals surface area contributed by atoms with Gasteiger partial charge in [-0.3, -0.25) is 14.9 Å². The molecule has 1 atom stereocenters. The van der Waals surface area contributed by atoms with Gasteiger partial charge >= 0.3 is 0 Å². The van der Waals surface area contributed by atoms with Gasteiger partial charge in [-0.25, -0.2) is 4.39 Å². The number of carbonyl (C=O) groups is 1.